The molecule has 1 aliphatic heterocycles. The van der Waals surface area contributed by atoms with Crippen molar-refractivity contribution in [3.05, 3.63) is 24.6 Å². The van der Waals surface area contributed by atoms with Crippen LogP contribution < -0.4 is 5.73 Å². The van der Waals surface area contributed by atoms with Crippen molar-refractivity contribution in [1.29, 1.82) is 0 Å². The zero-order chi connectivity index (χ0) is 17.0. The Kier molecular flexibility index (Phi) is 9.48. The minimum Gasteiger partial charge on any atom is -0.477 e. The third-order valence-corrected chi connectivity index (χ3v) is 4.21. The van der Waals surface area contributed by atoms with Crippen LogP contribution in [-0.4, -0.2) is 41.0 Å². The topological polar surface area (TPSA) is 75.7 Å². The summed E-state index contributed by atoms with van der Waals surface area (Å²) >= 11 is 0. The van der Waals surface area contributed by atoms with E-state index in [1.165, 1.54) is 32.1 Å². The summed E-state index contributed by atoms with van der Waals surface area (Å²) in [5.41, 5.74) is 5.67. The van der Waals surface area contributed by atoms with Crippen LogP contribution in [0.2, 0.25) is 0 Å². The van der Waals surface area contributed by atoms with Gasteiger partial charge < -0.3 is 10.8 Å². The van der Waals surface area contributed by atoms with Crippen molar-refractivity contribution < 1.29 is 14.4 Å². The fraction of sp³-hybridized carbons (Fsp3) is 0.667. The standard InChI is InChI=1S/C18H31N3O2/c1-2-3-4-5-6-7-8-9-10-11-17-20-13-15-21(17,14-12-19)16-18(22)23/h3-4,13,15H,2,5-12,14,16,19H2,1H3/p+1/b4-3+. The molecule has 0 saturated carbocycles. The average molecular weight is 322 g/mol. The molecule has 1 aliphatic rings. The first-order valence-corrected chi connectivity index (χ1v) is 8.83. The lowest BCUT2D eigenvalue weighted by Crippen LogP contribution is -2.52. The number of quaternary nitrogens is 1. The number of carbonyl (C=O) groups is 1. The highest BCUT2D eigenvalue weighted by Gasteiger charge is 2.36. The predicted molar refractivity (Wildman–Crippen MR) is 95.0 cm³/mol. The van der Waals surface area contributed by atoms with Crippen LogP contribution in [0.15, 0.2) is 29.5 Å². The Morgan fingerprint density at radius 1 is 1.26 bits per heavy atom. The van der Waals surface area contributed by atoms with Crippen molar-refractivity contribution in [2.24, 2.45) is 10.7 Å². The number of nitrogens with two attached hydrogens (primary N) is 1. The van der Waals surface area contributed by atoms with Crippen LogP contribution in [-0.2, 0) is 4.79 Å². The van der Waals surface area contributed by atoms with Gasteiger partial charge in [-0.05, 0) is 25.7 Å². The third-order valence-electron chi connectivity index (χ3n) is 4.21. The molecule has 0 radical (unpaired) electrons. The fourth-order valence-corrected chi connectivity index (χ4v) is 2.99. The van der Waals surface area contributed by atoms with Gasteiger partial charge >= 0.3 is 5.97 Å². The third kappa shape index (κ3) is 7.10. The number of nitrogens with zero attached hydrogens (tertiary/aromatic N) is 2. The molecule has 1 atom stereocenters. The Morgan fingerprint density at radius 3 is 2.70 bits per heavy atom. The van der Waals surface area contributed by atoms with E-state index in [0.29, 0.717) is 17.6 Å². The van der Waals surface area contributed by atoms with E-state index < -0.39 is 5.97 Å². The van der Waals surface area contributed by atoms with E-state index in [0.717, 1.165) is 25.1 Å². The second-order valence-corrected chi connectivity index (χ2v) is 6.13. The van der Waals surface area contributed by atoms with Crippen molar-refractivity contribution in [3.8, 4) is 0 Å². The molecule has 0 saturated heterocycles. The van der Waals surface area contributed by atoms with Crippen LogP contribution in [0.25, 0.3) is 0 Å². The molecule has 0 aromatic rings. The van der Waals surface area contributed by atoms with Crippen molar-refractivity contribution >= 4 is 11.8 Å². The molecule has 3 N–H and O–H groups in total. The Hall–Kier alpha value is -1.46. The molecule has 130 valence electrons. The Morgan fingerprint density at radius 2 is 2.00 bits per heavy atom. The second-order valence-electron chi connectivity index (χ2n) is 6.13. The molecule has 0 aromatic heterocycles. The second kappa shape index (κ2) is 11.1. The quantitative estimate of drug-likeness (QED) is 0.310. The van der Waals surface area contributed by atoms with Gasteiger partial charge in [-0.25, -0.2) is 14.3 Å². The number of aliphatic carboxylic acids is 1. The number of hydrogen-bond donors (Lipinski definition) is 2. The molecule has 1 unspecified atom stereocenters. The summed E-state index contributed by atoms with van der Waals surface area (Å²) in [5, 5.41) is 9.16. The van der Waals surface area contributed by atoms with Gasteiger partial charge in [0.25, 0.3) is 0 Å². The maximum atomic E-state index is 11.2. The van der Waals surface area contributed by atoms with Gasteiger partial charge in [0.15, 0.2) is 6.54 Å². The zero-order valence-electron chi connectivity index (χ0n) is 14.4. The predicted octanol–water partition coefficient (Wildman–Crippen LogP) is 3.43. The summed E-state index contributed by atoms with van der Waals surface area (Å²) in [4.78, 5) is 15.6. The van der Waals surface area contributed by atoms with Gasteiger partial charge in [0.05, 0.1) is 6.20 Å². The van der Waals surface area contributed by atoms with Crippen LogP contribution >= 0.6 is 0 Å². The molecule has 0 aromatic carbocycles. The van der Waals surface area contributed by atoms with Gasteiger partial charge in [-0.15, -0.1) is 0 Å². The molecule has 1 heterocycles. The van der Waals surface area contributed by atoms with Crippen molar-refractivity contribution in [1.82, 2.24) is 0 Å². The molecular weight excluding hydrogens is 290 g/mol. The summed E-state index contributed by atoms with van der Waals surface area (Å²) in [5.74, 6) is 0.140. The van der Waals surface area contributed by atoms with Gasteiger partial charge in [0.1, 0.15) is 12.7 Å². The Balaban J connectivity index is 2.28. The van der Waals surface area contributed by atoms with E-state index in [1.54, 1.807) is 6.20 Å². The van der Waals surface area contributed by atoms with E-state index in [1.807, 2.05) is 6.20 Å². The van der Waals surface area contributed by atoms with Gasteiger partial charge in [-0.3, -0.25) is 0 Å². The summed E-state index contributed by atoms with van der Waals surface area (Å²) in [6.07, 6.45) is 17.2. The molecule has 0 fully saturated rings. The molecule has 0 amide bonds. The molecule has 23 heavy (non-hydrogen) atoms. The number of carboxylic acid groups (broad SMARTS) is 1. The van der Waals surface area contributed by atoms with E-state index in [9.17, 15) is 4.79 Å². The highest BCUT2D eigenvalue weighted by atomic mass is 16.4. The first-order valence-electron chi connectivity index (χ1n) is 8.83. The zero-order valence-corrected chi connectivity index (χ0v) is 14.4. The first kappa shape index (κ1) is 19.6. The Labute approximate surface area is 140 Å². The van der Waals surface area contributed by atoms with Gasteiger partial charge in [0, 0.05) is 13.0 Å². The SMILES string of the molecule is CC/C=C/CCCCCCCC1=NC=C[N+]1(CCN)CC(=O)O. The van der Waals surface area contributed by atoms with Crippen molar-refractivity contribution in [2.75, 3.05) is 19.6 Å². The average Bonchev–Trinajstić information content (AvgIpc) is 2.87. The minimum atomic E-state index is -0.808. The van der Waals surface area contributed by atoms with Gasteiger partial charge in [-0.2, -0.15) is 0 Å². The summed E-state index contributed by atoms with van der Waals surface area (Å²) in [6, 6.07) is 0. The van der Waals surface area contributed by atoms with Crippen LogP contribution in [0.4, 0.5) is 0 Å². The highest BCUT2D eigenvalue weighted by Crippen LogP contribution is 2.21. The molecular formula is C18H32N3O2+. The molecule has 5 nitrogen and oxygen atoms in total. The summed E-state index contributed by atoms with van der Waals surface area (Å²) in [7, 11) is 0. The number of amidine groups is 1. The number of carboxylic acids is 1. The molecule has 5 heteroatoms. The summed E-state index contributed by atoms with van der Waals surface area (Å²) < 4.78 is 0.299. The molecule has 0 bridgehead atoms. The molecule has 1 rings (SSSR count). The van der Waals surface area contributed by atoms with E-state index in [-0.39, 0.29) is 6.54 Å². The lowest BCUT2D eigenvalue weighted by Gasteiger charge is -2.30. The van der Waals surface area contributed by atoms with Gasteiger partial charge in [-0.1, -0.05) is 38.3 Å². The lowest BCUT2D eigenvalue weighted by molar-refractivity contribution is -0.778. The first-order chi connectivity index (χ1) is 11.1. The monoisotopic (exact) mass is 322 g/mol. The smallest absolute Gasteiger partial charge is 0.360 e. The van der Waals surface area contributed by atoms with Crippen LogP contribution in [0.5, 0.6) is 0 Å². The maximum Gasteiger partial charge on any atom is 0.360 e. The number of allylic oxidation sites excluding steroid dienone is 2. The number of hydrogen-bond acceptors (Lipinski definition) is 3. The number of rotatable bonds is 13. The van der Waals surface area contributed by atoms with E-state index in [2.05, 4.69) is 24.1 Å². The van der Waals surface area contributed by atoms with Crippen LogP contribution in [0.1, 0.15) is 58.3 Å². The fourth-order valence-electron chi connectivity index (χ4n) is 2.99. The maximum absolute atomic E-state index is 11.2. The lowest BCUT2D eigenvalue weighted by atomic mass is 10.1. The van der Waals surface area contributed by atoms with Crippen LogP contribution in [0, 0.1) is 0 Å². The summed E-state index contributed by atoms with van der Waals surface area (Å²) in [6.45, 7) is 3.26. The largest absolute Gasteiger partial charge is 0.477 e. The molecule has 0 aliphatic carbocycles. The van der Waals surface area contributed by atoms with E-state index >= 15 is 0 Å². The van der Waals surface area contributed by atoms with Crippen LogP contribution in [0.3, 0.4) is 0 Å². The number of aliphatic imine (C=N–C) groups is 1. The molecule has 0 spiro atoms. The van der Waals surface area contributed by atoms with Crippen molar-refractivity contribution in [3.63, 3.8) is 0 Å². The normalized spacial score (nSPS) is 20.3. The Bertz CT molecular complexity index is 444. The van der Waals surface area contributed by atoms with E-state index in [4.69, 9.17) is 10.8 Å². The number of unbranched alkanes of at least 4 members (excludes halogenated alkanes) is 5. The highest BCUT2D eigenvalue weighted by molar-refractivity contribution is 5.81. The minimum absolute atomic E-state index is 0.0380. The van der Waals surface area contributed by atoms with Crippen molar-refractivity contribution in [2.45, 2.75) is 58.3 Å². The van der Waals surface area contributed by atoms with Gasteiger partial charge in [0.2, 0.25) is 5.84 Å².